The highest BCUT2D eigenvalue weighted by Gasteiger charge is 2.48. The lowest BCUT2D eigenvalue weighted by molar-refractivity contribution is -0.136. The lowest BCUT2D eigenvalue weighted by Gasteiger charge is -2.29. The minimum atomic E-state index is -2.62. The number of imide groups is 1. The molecule has 6 rings (SSSR count). The van der Waals surface area contributed by atoms with Crippen molar-refractivity contribution in [2.24, 2.45) is 0 Å². The van der Waals surface area contributed by atoms with Crippen molar-refractivity contribution < 1.29 is 27.6 Å². The zero-order valence-electron chi connectivity index (χ0n) is 19.3. The maximum Gasteiger partial charge on any atom is 0.316 e. The van der Waals surface area contributed by atoms with Gasteiger partial charge in [0.2, 0.25) is 17.7 Å². The number of rotatable bonds is 6. The van der Waals surface area contributed by atoms with Crippen LogP contribution in [0.3, 0.4) is 0 Å². The first-order chi connectivity index (χ1) is 17.7. The Morgan fingerprint density at radius 2 is 1.97 bits per heavy atom. The minimum absolute atomic E-state index is 0.0999. The lowest BCUT2D eigenvalue weighted by atomic mass is 9.99. The van der Waals surface area contributed by atoms with Gasteiger partial charge in [0.25, 0.3) is 12.3 Å². The van der Waals surface area contributed by atoms with E-state index in [1.54, 1.807) is 18.2 Å². The maximum atomic E-state index is 13.3. The summed E-state index contributed by atoms with van der Waals surface area (Å²) >= 11 is 6.59. The zero-order chi connectivity index (χ0) is 25.9. The van der Waals surface area contributed by atoms with Crippen molar-refractivity contribution in [3.05, 3.63) is 63.7 Å². The predicted molar refractivity (Wildman–Crippen MR) is 127 cm³/mol. The number of halogens is 3. The predicted octanol–water partition coefficient (Wildman–Crippen LogP) is 4.19. The molecule has 2 fully saturated rings. The summed E-state index contributed by atoms with van der Waals surface area (Å²) in [5.41, 5.74) is 1.45. The minimum Gasteiger partial charge on any atom is -0.403 e. The van der Waals surface area contributed by atoms with Crippen LogP contribution in [0.15, 0.2) is 40.8 Å². The van der Waals surface area contributed by atoms with Gasteiger partial charge in [-0.25, -0.2) is 8.78 Å². The van der Waals surface area contributed by atoms with Crippen molar-refractivity contribution in [3.8, 4) is 11.5 Å². The molecule has 37 heavy (non-hydrogen) atoms. The summed E-state index contributed by atoms with van der Waals surface area (Å²) in [5, 5.41) is 13.9. The van der Waals surface area contributed by atoms with E-state index in [1.165, 1.54) is 23.1 Å². The Morgan fingerprint density at radius 1 is 1.16 bits per heavy atom. The number of piperidine rings is 1. The van der Waals surface area contributed by atoms with Crippen LogP contribution in [0.2, 0.25) is 5.02 Å². The Balaban J connectivity index is 1.24. The first-order valence-corrected chi connectivity index (χ1v) is 12.1. The van der Waals surface area contributed by atoms with Crippen LogP contribution in [0.1, 0.15) is 59.2 Å². The number of nitrogens with one attached hydrogen (secondary N) is 2. The average molecular weight is 528 g/mol. The largest absolute Gasteiger partial charge is 0.403 e. The van der Waals surface area contributed by atoms with E-state index < -0.39 is 23.9 Å². The van der Waals surface area contributed by atoms with E-state index in [9.17, 15) is 23.2 Å². The summed E-state index contributed by atoms with van der Waals surface area (Å²) in [6.45, 7) is 0.185. The molecule has 1 unspecified atom stereocenters. The number of hydrogen-bond donors (Lipinski definition) is 2. The number of carbonyl (C=O) groups excluding carboxylic acids is 3. The van der Waals surface area contributed by atoms with E-state index in [-0.39, 0.29) is 48.7 Å². The van der Waals surface area contributed by atoms with Crippen molar-refractivity contribution in [3.63, 3.8) is 0 Å². The molecule has 2 aliphatic heterocycles. The zero-order valence-corrected chi connectivity index (χ0v) is 20.0. The van der Waals surface area contributed by atoms with Gasteiger partial charge in [0.1, 0.15) is 6.04 Å². The number of nitrogens with zero attached hydrogens (tertiary/aromatic N) is 3. The molecule has 3 amide bonds. The molecule has 3 heterocycles. The third-order valence-electron chi connectivity index (χ3n) is 7.06. The highest BCUT2D eigenvalue weighted by atomic mass is 35.5. The number of carbonyl (C=O) groups is 3. The first kappa shape index (κ1) is 23.5. The van der Waals surface area contributed by atoms with Crippen LogP contribution in [0.4, 0.5) is 14.8 Å². The second-order valence-electron chi connectivity index (χ2n) is 9.43. The summed E-state index contributed by atoms with van der Waals surface area (Å²) in [6, 6.07) is 8.66. The van der Waals surface area contributed by atoms with Gasteiger partial charge in [-0.2, -0.15) is 0 Å². The monoisotopic (exact) mass is 527 g/mol. The summed E-state index contributed by atoms with van der Waals surface area (Å²) in [6.07, 6.45) is -0.757. The van der Waals surface area contributed by atoms with E-state index in [2.05, 4.69) is 20.8 Å². The molecule has 3 aliphatic rings. The Hall–Kier alpha value is -3.86. The number of alkyl halides is 2. The third kappa shape index (κ3) is 4.12. The molecule has 9 nitrogen and oxygen atoms in total. The average Bonchev–Trinajstić information content (AvgIpc) is 3.37. The number of anilines is 1. The molecule has 2 N–H and O–H groups in total. The number of fused-ring (bicyclic) bond motifs is 1. The molecule has 0 radical (unpaired) electrons. The fraction of sp³-hybridized carbons (Fsp3) is 0.320. The van der Waals surface area contributed by atoms with Crippen LogP contribution >= 0.6 is 11.6 Å². The van der Waals surface area contributed by atoms with Crippen LogP contribution in [0.25, 0.3) is 11.5 Å². The molecule has 3 aromatic rings. The number of amides is 3. The number of aromatic nitrogens is 2. The highest BCUT2D eigenvalue weighted by molar-refractivity contribution is 6.32. The molecule has 0 spiro atoms. The quantitative estimate of drug-likeness (QED) is 0.461. The second kappa shape index (κ2) is 8.62. The first-order valence-electron chi connectivity index (χ1n) is 11.7. The van der Waals surface area contributed by atoms with Gasteiger partial charge >= 0.3 is 6.01 Å². The molecular weight excluding hydrogens is 508 g/mol. The number of benzene rings is 2. The Kier molecular flexibility index (Phi) is 5.48. The number of hydrogen-bond acceptors (Lipinski definition) is 7. The van der Waals surface area contributed by atoms with E-state index in [4.69, 9.17) is 16.0 Å². The van der Waals surface area contributed by atoms with Gasteiger partial charge < -0.3 is 14.6 Å². The molecule has 1 aliphatic carbocycles. The van der Waals surface area contributed by atoms with Crippen molar-refractivity contribution in [2.45, 2.75) is 50.2 Å². The summed E-state index contributed by atoms with van der Waals surface area (Å²) in [7, 11) is 0. The summed E-state index contributed by atoms with van der Waals surface area (Å²) in [4.78, 5) is 38.6. The maximum absolute atomic E-state index is 13.3. The van der Waals surface area contributed by atoms with Gasteiger partial charge in [-0.15, -0.1) is 5.10 Å². The van der Waals surface area contributed by atoms with E-state index in [1.807, 2.05) is 0 Å². The van der Waals surface area contributed by atoms with Crippen LogP contribution in [-0.4, -0.2) is 38.9 Å². The van der Waals surface area contributed by atoms with Gasteiger partial charge in [-0.05, 0) is 49.1 Å². The van der Waals surface area contributed by atoms with Crippen molar-refractivity contribution in [1.29, 1.82) is 0 Å². The summed E-state index contributed by atoms with van der Waals surface area (Å²) in [5.74, 6) is -1.05. The Bertz CT molecular complexity index is 1450. The highest BCUT2D eigenvalue weighted by Crippen LogP contribution is 2.50. The fourth-order valence-electron chi connectivity index (χ4n) is 4.91. The molecule has 1 saturated carbocycles. The van der Waals surface area contributed by atoms with Gasteiger partial charge in [0, 0.05) is 40.2 Å². The molecule has 2 aromatic carbocycles. The topological polar surface area (TPSA) is 117 Å². The molecule has 1 atom stereocenters. The molecule has 12 heteroatoms. The van der Waals surface area contributed by atoms with Gasteiger partial charge in [-0.1, -0.05) is 28.8 Å². The fourth-order valence-corrected chi connectivity index (χ4v) is 5.18. The van der Waals surface area contributed by atoms with E-state index in [0.29, 0.717) is 34.6 Å². The standard InChI is InChI=1S/C25H20ClF2N5O4/c26-17-10-14(9-15-16(17)11-33(23(15)36)18-4-5-19(34)29-21(18)35)25(6-7-25)30-24-32-31-22(37-24)13-3-1-2-12(8-13)20(27)28/h1-3,8-10,18,20H,4-7,11H2,(H,30,32)(H,29,34,35). The smallest absolute Gasteiger partial charge is 0.316 e. The van der Waals surface area contributed by atoms with Gasteiger partial charge in [0.15, 0.2) is 0 Å². The van der Waals surface area contributed by atoms with Crippen molar-refractivity contribution in [2.75, 3.05) is 5.32 Å². The third-order valence-corrected chi connectivity index (χ3v) is 7.40. The van der Waals surface area contributed by atoms with Crippen LogP contribution in [-0.2, 0) is 21.7 Å². The Morgan fingerprint density at radius 3 is 2.70 bits per heavy atom. The van der Waals surface area contributed by atoms with Crippen molar-refractivity contribution in [1.82, 2.24) is 20.4 Å². The molecule has 0 bridgehead atoms. The Labute approximate surface area is 214 Å². The normalized spacial score (nSPS) is 20.3. The van der Waals surface area contributed by atoms with Crippen LogP contribution in [0.5, 0.6) is 0 Å². The van der Waals surface area contributed by atoms with Crippen LogP contribution < -0.4 is 10.6 Å². The second-order valence-corrected chi connectivity index (χ2v) is 9.84. The molecule has 1 saturated heterocycles. The van der Waals surface area contributed by atoms with Gasteiger partial charge in [-0.3, -0.25) is 19.7 Å². The summed E-state index contributed by atoms with van der Waals surface area (Å²) < 4.78 is 31.8. The van der Waals surface area contributed by atoms with E-state index >= 15 is 0 Å². The van der Waals surface area contributed by atoms with E-state index in [0.717, 1.165) is 5.56 Å². The molecule has 190 valence electrons. The lowest BCUT2D eigenvalue weighted by Crippen LogP contribution is -2.52. The SMILES string of the molecule is O=C1CCC(N2Cc3c(Cl)cc(C4(Nc5nnc(-c6cccc(C(F)F)c6)o5)CC4)cc3C2=O)C(=O)N1. The van der Waals surface area contributed by atoms with Crippen LogP contribution in [0, 0.1) is 0 Å². The van der Waals surface area contributed by atoms with Gasteiger partial charge in [0.05, 0.1) is 5.54 Å². The molecule has 1 aromatic heterocycles. The molecular formula is C25H20ClF2N5O4. The van der Waals surface area contributed by atoms with Crippen molar-refractivity contribution >= 4 is 35.3 Å².